The van der Waals surface area contributed by atoms with Crippen LogP contribution in [0.2, 0.25) is 0 Å². The van der Waals surface area contributed by atoms with Gasteiger partial charge in [-0.1, -0.05) is 13.8 Å². The number of nitrogens with one attached hydrogen (secondary N) is 1. The van der Waals surface area contributed by atoms with Gasteiger partial charge in [0, 0.05) is 18.7 Å². The van der Waals surface area contributed by atoms with Crippen molar-refractivity contribution in [3.05, 3.63) is 0 Å². The van der Waals surface area contributed by atoms with Crippen LogP contribution in [0.3, 0.4) is 0 Å². The molecule has 1 rings (SSSR count). The molecule has 0 aliphatic heterocycles. The summed E-state index contributed by atoms with van der Waals surface area (Å²) in [6.45, 7) is 6.82. The van der Waals surface area contributed by atoms with Crippen LogP contribution in [0.4, 0.5) is 0 Å². The van der Waals surface area contributed by atoms with Gasteiger partial charge in [0.1, 0.15) is 0 Å². The quantitative estimate of drug-likeness (QED) is 0.670. The van der Waals surface area contributed by atoms with Gasteiger partial charge in [-0.05, 0) is 31.6 Å². The first-order valence-corrected chi connectivity index (χ1v) is 5.00. The van der Waals surface area contributed by atoms with E-state index in [9.17, 15) is 0 Å². The van der Waals surface area contributed by atoms with Crippen molar-refractivity contribution in [2.75, 3.05) is 6.61 Å². The highest BCUT2D eigenvalue weighted by atomic mass is 16.3. The van der Waals surface area contributed by atoms with Crippen LogP contribution in [-0.2, 0) is 0 Å². The molecule has 0 heterocycles. The molecule has 0 spiro atoms. The summed E-state index contributed by atoms with van der Waals surface area (Å²) in [5, 5.41) is 12.5. The van der Waals surface area contributed by atoms with E-state index in [1.54, 1.807) is 0 Å². The smallest absolute Gasteiger partial charge is 0.0471 e. The lowest BCUT2D eigenvalue weighted by molar-refractivity contribution is 0.167. The van der Waals surface area contributed by atoms with E-state index in [0.29, 0.717) is 18.0 Å². The third-order valence-electron chi connectivity index (χ3n) is 3.01. The van der Waals surface area contributed by atoms with Gasteiger partial charge in [-0.15, -0.1) is 0 Å². The van der Waals surface area contributed by atoms with E-state index in [0.717, 1.165) is 5.92 Å². The minimum absolute atomic E-state index is 0.288. The zero-order chi connectivity index (χ0) is 9.14. The Balaban J connectivity index is 2.14. The summed E-state index contributed by atoms with van der Waals surface area (Å²) in [4.78, 5) is 0. The maximum Gasteiger partial charge on any atom is 0.0471 e. The van der Waals surface area contributed by atoms with Crippen LogP contribution >= 0.6 is 0 Å². The van der Waals surface area contributed by atoms with E-state index in [1.165, 1.54) is 12.8 Å². The van der Waals surface area contributed by atoms with Crippen molar-refractivity contribution in [3.63, 3.8) is 0 Å². The second-order valence-corrected chi connectivity index (χ2v) is 4.39. The molecule has 0 aromatic carbocycles. The molecule has 0 aromatic heterocycles. The highest BCUT2D eigenvalue weighted by molar-refractivity contribution is 4.85. The van der Waals surface area contributed by atoms with Crippen molar-refractivity contribution >= 4 is 0 Å². The Hall–Kier alpha value is -0.0800. The minimum Gasteiger partial charge on any atom is -0.396 e. The van der Waals surface area contributed by atoms with E-state index in [4.69, 9.17) is 5.11 Å². The number of rotatable bonds is 4. The molecular weight excluding hydrogens is 150 g/mol. The Kier molecular flexibility index (Phi) is 3.53. The molecule has 1 aliphatic carbocycles. The van der Waals surface area contributed by atoms with E-state index >= 15 is 0 Å². The van der Waals surface area contributed by atoms with Crippen LogP contribution in [-0.4, -0.2) is 23.8 Å². The predicted molar refractivity (Wildman–Crippen MR) is 51.0 cm³/mol. The predicted octanol–water partition coefficient (Wildman–Crippen LogP) is 1.39. The molecule has 0 saturated heterocycles. The lowest BCUT2D eigenvalue weighted by atomic mass is 9.81. The molecule has 12 heavy (non-hydrogen) atoms. The average Bonchev–Trinajstić information content (AvgIpc) is 2.00. The Bertz CT molecular complexity index is 132. The number of aliphatic hydroxyl groups excluding tert-OH is 1. The normalized spacial score (nSPS) is 34.0. The number of aliphatic hydroxyl groups is 1. The summed E-state index contributed by atoms with van der Waals surface area (Å²) in [6, 6.07) is 1.16. The number of hydrogen-bond donors (Lipinski definition) is 2. The summed E-state index contributed by atoms with van der Waals surface area (Å²) in [5.41, 5.74) is 0. The Labute approximate surface area is 75.4 Å². The maximum atomic E-state index is 8.92. The van der Waals surface area contributed by atoms with E-state index in [-0.39, 0.29) is 6.61 Å². The molecule has 2 N–H and O–H groups in total. The van der Waals surface area contributed by atoms with Crippen LogP contribution in [0.1, 0.15) is 33.6 Å². The first-order valence-electron chi connectivity index (χ1n) is 5.00. The zero-order valence-corrected chi connectivity index (χ0v) is 8.38. The molecule has 1 saturated carbocycles. The monoisotopic (exact) mass is 171 g/mol. The van der Waals surface area contributed by atoms with Crippen LogP contribution in [0.25, 0.3) is 0 Å². The summed E-state index contributed by atoms with van der Waals surface area (Å²) in [7, 11) is 0. The fraction of sp³-hybridized carbons (Fsp3) is 1.00. The highest BCUT2D eigenvalue weighted by Crippen LogP contribution is 2.27. The molecule has 2 atom stereocenters. The van der Waals surface area contributed by atoms with Gasteiger partial charge in [0.2, 0.25) is 0 Å². The van der Waals surface area contributed by atoms with Crippen molar-refractivity contribution < 1.29 is 5.11 Å². The Morgan fingerprint density at radius 3 is 2.42 bits per heavy atom. The van der Waals surface area contributed by atoms with Crippen molar-refractivity contribution in [2.45, 2.75) is 45.7 Å². The van der Waals surface area contributed by atoms with Gasteiger partial charge in [0.05, 0.1) is 0 Å². The first kappa shape index (κ1) is 10.0. The lowest BCUT2D eigenvalue weighted by Gasteiger charge is -2.37. The van der Waals surface area contributed by atoms with E-state index in [1.807, 2.05) is 0 Å². The molecule has 0 amide bonds. The van der Waals surface area contributed by atoms with Crippen LogP contribution in [0.5, 0.6) is 0 Å². The Morgan fingerprint density at radius 1 is 1.42 bits per heavy atom. The molecule has 1 aliphatic rings. The molecule has 0 bridgehead atoms. The summed E-state index contributed by atoms with van der Waals surface area (Å²) >= 11 is 0. The third kappa shape index (κ3) is 2.46. The van der Waals surface area contributed by atoms with E-state index in [2.05, 4.69) is 26.1 Å². The highest BCUT2D eigenvalue weighted by Gasteiger charge is 2.27. The van der Waals surface area contributed by atoms with Gasteiger partial charge in [0.15, 0.2) is 0 Å². The average molecular weight is 171 g/mol. The topological polar surface area (TPSA) is 32.3 Å². The molecule has 0 radical (unpaired) electrons. The molecule has 2 nitrogen and oxygen atoms in total. The molecule has 2 unspecified atom stereocenters. The molecular formula is C10H21NO. The summed E-state index contributed by atoms with van der Waals surface area (Å²) in [5.74, 6) is 1.28. The SMILES string of the molecule is CC1CC(NC(C)C(C)CO)C1. The summed E-state index contributed by atoms with van der Waals surface area (Å²) in [6.07, 6.45) is 2.62. The van der Waals surface area contributed by atoms with Gasteiger partial charge < -0.3 is 10.4 Å². The van der Waals surface area contributed by atoms with Crippen LogP contribution < -0.4 is 5.32 Å². The first-order chi connectivity index (χ1) is 5.63. The van der Waals surface area contributed by atoms with Crippen molar-refractivity contribution in [2.24, 2.45) is 11.8 Å². The maximum absolute atomic E-state index is 8.92. The molecule has 72 valence electrons. The minimum atomic E-state index is 0.288. The second-order valence-electron chi connectivity index (χ2n) is 4.39. The van der Waals surface area contributed by atoms with Crippen molar-refractivity contribution in [3.8, 4) is 0 Å². The van der Waals surface area contributed by atoms with Gasteiger partial charge in [0.25, 0.3) is 0 Å². The van der Waals surface area contributed by atoms with E-state index < -0.39 is 0 Å². The van der Waals surface area contributed by atoms with Gasteiger partial charge in [-0.25, -0.2) is 0 Å². The van der Waals surface area contributed by atoms with Crippen molar-refractivity contribution in [1.82, 2.24) is 5.32 Å². The third-order valence-corrected chi connectivity index (χ3v) is 3.01. The lowest BCUT2D eigenvalue weighted by Crippen LogP contribution is -2.47. The number of hydrogen-bond acceptors (Lipinski definition) is 2. The fourth-order valence-corrected chi connectivity index (χ4v) is 1.73. The molecule has 2 heteroatoms. The fourth-order valence-electron chi connectivity index (χ4n) is 1.73. The Morgan fingerprint density at radius 2 is 2.00 bits per heavy atom. The van der Waals surface area contributed by atoms with Gasteiger partial charge >= 0.3 is 0 Å². The standard InChI is InChI=1S/C10H21NO/c1-7-4-10(5-7)11-9(3)8(2)6-12/h7-12H,4-6H2,1-3H3. The largest absolute Gasteiger partial charge is 0.396 e. The zero-order valence-electron chi connectivity index (χ0n) is 8.38. The molecule has 0 aromatic rings. The second kappa shape index (κ2) is 4.24. The van der Waals surface area contributed by atoms with Gasteiger partial charge in [-0.2, -0.15) is 0 Å². The van der Waals surface area contributed by atoms with Gasteiger partial charge in [-0.3, -0.25) is 0 Å². The van der Waals surface area contributed by atoms with Crippen LogP contribution in [0.15, 0.2) is 0 Å². The van der Waals surface area contributed by atoms with Crippen molar-refractivity contribution in [1.29, 1.82) is 0 Å². The van der Waals surface area contributed by atoms with Crippen LogP contribution in [0, 0.1) is 11.8 Å². The molecule has 1 fully saturated rings. The summed E-state index contributed by atoms with van der Waals surface area (Å²) < 4.78 is 0.